The molecule has 6 heteroatoms. The molecule has 1 aromatic rings. The van der Waals surface area contributed by atoms with Crippen LogP contribution in [-0.2, 0) is 16.6 Å². The van der Waals surface area contributed by atoms with Gasteiger partial charge in [-0.2, -0.15) is 4.31 Å². The van der Waals surface area contributed by atoms with Gasteiger partial charge in [-0.1, -0.05) is 13.8 Å². The number of nitrogens with two attached hydrogens (primary N) is 1. The third-order valence-corrected chi connectivity index (χ3v) is 5.30. The van der Waals surface area contributed by atoms with E-state index in [-0.39, 0.29) is 17.5 Å². The van der Waals surface area contributed by atoms with Gasteiger partial charge in [-0.25, -0.2) is 8.42 Å². The molecule has 0 saturated heterocycles. The summed E-state index contributed by atoms with van der Waals surface area (Å²) in [6, 6.07) is 1.49. The SMILES string of the molecule is CCC(C)N(CC)S(=O)(=O)c1cc(CN)oc1C. The minimum absolute atomic E-state index is 0.0318. The summed E-state index contributed by atoms with van der Waals surface area (Å²) in [4.78, 5) is 0.227. The molecule has 18 heavy (non-hydrogen) atoms. The number of aryl methyl sites for hydroxylation is 1. The van der Waals surface area contributed by atoms with Gasteiger partial charge in [0, 0.05) is 18.7 Å². The van der Waals surface area contributed by atoms with Gasteiger partial charge in [-0.15, -0.1) is 0 Å². The van der Waals surface area contributed by atoms with Crippen LogP contribution < -0.4 is 5.73 Å². The Kier molecular flexibility index (Phi) is 4.95. The molecule has 1 rings (SSSR count). The molecule has 0 spiro atoms. The van der Waals surface area contributed by atoms with Crippen molar-refractivity contribution >= 4 is 10.0 Å². The zero-order chi connectivity index (χ0) is 13.9. The van der Waals surface area contributed by atoms with Crippen LogP contribution in [-0.4, -0.2) is 25.3 Å². The van der Waals surface area contributed by atoms with E-state index in [0.717, 1.165) is 6.42 Å². The van der Waals surface area contributed by atoms with E-state index >= 15 is 0 Å². The highest BCUT2D eigenvalue weighted by molar-refractivity contribution is 7.89. The Morgan fingerprint density at radius 3 is 2.44 bits per heavy atom. The molecule has 104 valence electrons. The number of furan rings is 1. The van der Waals surface area contributed by atoms with Crippen molar-refractivity contribution in [2.75, 3.05) is 6.54 Å². The molecule has 0 aliphatic heterocycles. The maximum absolute atomic E-state index is 12.5. The molecule has 0 amide bonds. The molecule has 0 radical (unpaired) electrons. The lowest BCUT2D eigenvalue weighted by Gasteiger charge is -2.25. The average molecular weight is 274 g/mol. The van der Waals surface area contributed by atoms with Gasteiger partial charge in [0.2, 0.25) is 10.0 Å². The van der Waals surface area contributed by atoms with E-state index in [1.54, 1.807) is 6.92 Å². The molecule has 1 unspecified atom stereocenters. The van der Waals surface area contributed by atoms with Crippen LogP contribution in [0.25, 0.3) is 0 Å². The first kappa shape index (κ1) is 15.2. The van der Waals surface area contributed by atoms with E-state index in [1.807, 2.05) is 20.8 Å². The summed E-state index contributed by atoms with van der Waals surface area (Å²) in [7, 11) is -3.50. The summed E-state index contributed by atoms with van der Waals surface area (Å²) in [6.45, 7) is 8.00. The molecule has 1 aromatic heterocycles. The van der Waals surface area contributed by atoms with E-state index in [0.29, 0.717) is 18.1 Å². The first-order chi connectivity index (χ1) is 8.38. The van der Waals surface area contributed by atoms with Gasteiger partial charge < -0.3 is 10.2 Å². The standard InChI is InChI=1S/C12H22N2O3S/c1-5-9(3)14(6-2)18(15,16)12-7-11(8-13)17-10(12)4/h7,9H,5-6,8,13H2,1-4H3. The van der Waals surface area contributed by atoms with Crippen LogP contribution in [0.5, 0.6) is 0 Å². The van der Waals surface area contributed by atoms with E-state index in [4.69, 9.17) is 10.2 Å². The van der Waals surface area contributed by atoms with Crippen molar-refractivity contribution < 1.29 is 12.8 Å². The number of nitrogens with zero attached hydrogens (tertiary/aromatic N) is 1. The predicted octanol–water partition coefficient (Wildman–Crippen LogP) is 1.86. The topological polar surface area (TPSA) is 76.5 Å². The number of sulfonamides is 1. The second-order valence-electron chi connectivity index (χ2n) is 4.30. The lowest BCUT2D eigenvalue weighted by molar-refractivity contribution is 0.341. The summed E-state index contributed by atoms with van der Waals surface area (Å²) < 4.78 is 31.9. The number of hydrogen-bond donors (Lipinski definition) is 1. The Labute approximate surface area is 109 Å². The Hall–Kier alpha value is -0.850. The van der Waals surface area contributed by atoms with E-state index < -0.39 is 10.0 Å². The van der Waals surface area contributed by atoms with Crippen LogP contribution in [0, 0.1) is 6.92 Å². The highest BCUT2D eigenvalue weighted by atomic mass is 32.2. The molecular weight excluding hydrogens is 252 g/mol. The molecule has 1 heterocycles. The summed E-state index contributed by atoms with van der Waals surface area (Å²) >= 11 is 0. The summed E-state index contributed by atoms with van der Waals surface area (Å²) in [5.41, 5.74) is 5.47. The van der Waals surface area contributed by atoms with Crippen molar-refractivity contribution in [2.24, 2.45) is 5.73 Å². The lowest BCUT2D eigenvalue weighted by Crippen LogP contribution is -2.38. The summed E-state index contributed by atoms with van der Waals surface area (Å²) in [5, 5.41) is 0. The summed E-state index contributed by atoms with van der Waals surface area (Å²) in [5.74, 6) is 0.892. The molecule has 0 fully saturated rings. The second kappa shape index (κ2) is 5.86. The van der Waals surface area contributed by atoms with Crippen molar-refractivity contribution in [3.63, 3.8) is 0 Å². The monoisotopic (exact) mass is 274 g/mol. The van der Waals surface area contributed by atoms with Crippen molar-refractivity contribution in [3.05, 3.63) is 17.6 Å². The normalized spacial score (nSPS) is 14.1. The predicted molar refractivity (Wildman–Crippen MR) is 70.7 cm³/mol. The molecule has 2 N–H and O–H groups in total. The molecular formula is C12H22N2O3S. The third kappa shape index (κ3) is 2.76. The highest BCUT2D eigenvalue weighted by Gasteiger charge is 2.30. The Morgan fingerprint density at radius 2 is 2.06 bits per heavy atom. The zero-order valence-electron chi connectivity index (χ0n) is 11.4. The Morgan fingerprint density at radius 1 is 1.44 bits per heavy atom. The largest absolute Gasteiger partial charge is 0.464 e. The Bertz CT molecular complexity index is 493. The van der Waals surface area contributed by atoms with E-state index in [2.05, 4.69) is 0 Å². The highest BCUT2D eigenvalue weighted by Crippen LogP contribution is 2.25. The third-order valence-electron chi connectivity index (χ3n) is 3.11. The quantitative estimate of drug-likeness (QED) is 0.859. The maximum Gasteiger partial charge on any atom is 0.246 e. The first-order valence-electron chi connectivity index (χ1n) is 6.19. The fraction of sp³-hybridized carbons (Fsp3) is 0.667. The average Bonchev–Trinajstić information content (AvgIpc) is 2.71. The molecule has 0 saturated carbocycles. The maximum atomic E-state index is 12.5. The lowest BCUT2D eigenvalue weighted by atomic mass is 10.3. The smallest absolute Gasteiger partial charge is 0.246 e. The van der Waals surface area contributed by atoms with E-state index in [9.17, 15) is 8.42 Å². The van der Waals surface area contributed by atoms with Crippen molar-refractivity contribution in [1.82, 2.24) is 4.31 Å². The van der Waals surface area contributed by atoms with Gasteiger partial charge in [-0.3, -0.25) is 0 Å². The van der Waals surface area contributed by atoms with Crippen LogP contribution in [0.15, 0.2) is 15.4 Å². The minimum Gasteiger partial charge on any atom is -0.464 e. The second-order valence-corrected chi connectivity index (χ2v) is 6.16. The molecule has 0 aliphatic carbocycles. The Balaban J connectivity index is 3.22. The van der Waals surface area contributed by atoms with Crippen LogP contribution in [0.4, 0.5) is 0 Å². The van der Waals surface area contributed by atoms with Crippen LogP contribution in [0.3, 0.4) is 0 Å². The molecule has 1 atom stereocenters. The van der Waals surface area contributed by atoms with E-state index in [1.165, 1.54) is 10.4 Å². The van der Waals surface area contributed by atoms with Gasteiger partial charge >= 0.3 is 0 Å². The fourth-order valence-electron chi connectivity index (χ4n) is 1.93. The molecule has 0 aromatic carbocycles. The molecule has 0 aliphatic rings. The summed E-state index contributed by atoms with van der Waals surface area (Å²) in [6.07, 6.45) is 0.772. The van der Waals surface area contributed by atoms with Gasteiger partial charge in [0.25, 0.3) is 0 Å². The number of hydrogen-bond acceptors (Lipinski definition) is 4. The van der Waals surface area contributed by atoms with Crippen LogP contribution in [0.2, 0.25) is 0 Å². The van der Waals surface area contributed by atoms with Gasteiger partial charge in [0.05, 0.1) is 6.54 Å². The minimum atomic E-state index is -3.50. The van der Waals surface area contributed by atoms with Gasteiger partial charge in [-0.05, 0) is 20.3 Å². The zero-order valence-corrected chi connectivity index (χ0v) is 12.3. The fourth-order valence-corrected chi connectivity index (χ4v) is 3.83. The van der Waals surface area contributed by atoms with Gasteiger partial charge in [0.1, 0.15) is 16.4 Å². The first-order valence-corrected chi connectivity index (χ1v) is 7.63. The molecule has 5 nitrogen and oxygen atoms in total. The van der Waals surface area contributed by atoms with Crippen molar-refractivity contribution in [3.8, 4) is 0 Å². The van der Waals surface area contributed by atoms with Crippen LogP contribution >= 0.6 is 0 Å². The number of rotatable bonds is 6. The molecule has 0 bridgehead atoms. The van der Waals surface area contributed by atoms with Crippen molar-refractivity contribution in [1.29, 1.82) is 0 Å². The van der Waals surface area contributed by atoms with Gasteiger partial charge in [0.15, 0.2) is 0 Å². The van der Waals surface area contributed by atoms with Crippen LogP contribution in [0.1, 0.15) is 38.7 Å². The van der Waals surface area contributed by atoms with Crippen molar-refractivity contribution in [2.45, 2.75) is 51.6 Å².